The van der Waals surface area contributed by atoms with Crippen molar-refractivity contribution in [3.8, 4) is 11.1 Å². The highest BCUT2D eigenvalue weighted by Gasteiger charge is 2.40. The van der Waals surface area contributed by atoms with E-state index in [-0.39, 0.29) is 36.4 Å². The molecule has 3 aromatic rings. The van der Waals surface area contributed by atoms with Crippen molar-refractivity contribution in [2.75, 3.05) is 13.1 Å². The van der Waals surface area contributed by atoms with Crippen LogP contribution < -0.4 is 16.0 Å². The third-order valence-corrected chi connectivity index (χ3v) is 11.0. The quantitative estimate of drug-likeness (QED) is 0.338. The van der Waals surface area contributed by atoms with E-state index in [2.05, 4.69) is 58.4 Å². The van der Waals surface area contributed by atoms with E-state index >= 15 is 0 Å². The van der Waals surface area contributed by atoms with Crippen molar-refractivity contribution in [3.63, 3.8) is 0 Å². The zero-order chi connectivity index (χ0) is 30.0. The lowest BCUT2D eigenvalue weighted by Gasteiger charge is -2.34. The summed E-state index contributed by atoms with van der Waals surface area (Å²) in [6.07, 6.45) is 6.28. The van der Waals surface area contributed by atoms with Gasteiger partial charge in [0, 0.05) is 25.7 Å². The van der Waals surface area contributed by atoms with Gasteiger partial charge in [0.15, 0.2) is 0 Å². The van der Waals surface area contributed by atoms with Gasteiger partial charge in [0.2, 0.25) is 21.8 Å². The summed E-state index contributed by atoms with van der Waals surface area (Å²) in [5.74, 6) is -0.782. The number of carbonyl (C=O) groups excluding carboxylic acids is 2. The van der Waals surface area contributed by atoms with Crippen molar-refractivity contribution in [1.82, 2.24) is 20.3 Å². The molecule has 0 bridgehead atoms. The fourth-order valence-corrected chi connectivity index (χ4v) is 7.92. The molecule has 6 rings (SSSR count). The van der Waals surface area contributed by atoms with Crippen LogP contribution in [-0.4, -0.2) is 49.7 Å². The summed E-state index contributed by atoms with van der Waals surface area (Å²) in [6.45, 7) is 3.09. The van der Waals surface area contributed by atoms with E-state index < -0.39 is 22.0 Å². The maximum Gasteiger partial charge on any atom is 0.243 e. The second-order valence-electron chi connectivity index (χ2n) is 12.1. The average molecular weight is 601 g/mol. The smallest absolute Gasteiger partial charge is 0.243 e. The molecule has 8 nitrogen and oxygen atoms in total. The van der Waals surface area contributed by atoms with Crippen LogP contribution >= 0.6 is 0 Å². The molecule has 0 radical (unpaired) electrons. The summed E-state index contributed by atoms with van der Waals surface area (Å²) in [6, 6.07) is 21.0. The maximum absolute atomic E-state index is 13.5. The summed E-state index contributed by atoms with van der Waals surface area (Å²) >= 11 is 0. The van der Waals surface area contributed by atoms with E-state index in [4.69, 9.17) is 0 Å². The van der Waals surface area contributed by atoms with Crippen LogP contribution in [0, 0.1) is 6.92 Å². The van der Waals surface area contributed by atoms with Gasteiger partial charge in [-0.05, 0) is 85.0 Å². The minimum atomic E-state index is -3.94. The number of rotatable bonds is 9. The van der Waals surface area contributed by atoms with Crippen LogP contribution in [0.4, 0.5) is 0 Å². The number of aryl methyl sites for hydroxylation is 2. The lowest BCUT2D eigenvalue weighted by molar-refractivity contribution is -0.132. The van der Waals surface area contributed by atoms with Crippen LogP contribution in [0.3, 0.4) is 0 Å². The van der Waals surface area contributed by atoms with E-state index in [9.17, 15) is 18.0 Å². The number of nitrogens with one attached hydrogen (secondary N) is 3. The third kappa shape index (κ3) is 6.54. The molecule has 2 atom stereocenters. The molecule has 9 heteroatoms. The van der Waals surface area contributed by atoms with E-state index in [1.54, 1.807) is 24.3 Å². The SMILES string of the molecule is Cc1ccc(S(=O)(=O)N2CCNC(=O)C2CC(=O)N[C@@H]2CCCc3cc(-c4cccc(CNC5CCC5)c4)ccc32)cc1. The molecule has 226 valence electrons. The number of amides is 2. The molecular formula is C34H40N4O4S. The maximum atomic E-state index is 13.5. The van der Waals surface area contributed by atoms with Gasteiger partial charge >= 0.3 is 0 Å². The number of hydrogen-bond donors (Lipinski definition) is 3. The van der Waals surface area contributed by atoms with Crippen LogP contribution in [0.25, 0.3) is 11.1 Å². The highest BCUT2D eigenvalue weighted by molar-refractivity contribution is 7.89. The molecular weight excluding hydrogens is 560 g/mol. The largest absolute Gasteiger partial charge is 0.353 e. The van der Waals surface area contributed by atoms with Gasteiger partial charge in [-0.15, -0.1) is 0 Å². The minimum Gasteiger partial charge on any atom is -0.353 e. The summed E-state index contributed by atoms with van der Waals surface area (Å²) in [4.78, 5) is 26.3. The molecule has 0 aromatic heterocycles. The number of piperazine rings is 1. The minimum absolute atomic E-state index is 0.118. The Morgan fingerprint density at radius 1 is 0.977 bits per heavy atom. The molecule has 1 saturated carbocycles. The zero-order valence-electron chi connectivity index (χ0n) is 24.6. The second kappa shape index (κ2) is 12.6. The fourth-order valence-electron chi connectivity index (χ4n) is 6.33. The first-order valence-electron chi connectivity index (χ1n) is 15.4. The molecule has 3 aliphatic rings. The fraction of sp³-hybridized carbons (Fsp3) is 0.412. The van der Waals surface area contributed by atoms with Crippen LogP contribution in [0.2, 0.25) is 0 Å². The Kier molecular flexibility index (Phi) is 8.66. The van der Waals surface area contributed by atoms with Crippen molar-refractivity contribution < 1.29 is 18.0 Å². The van der Waals surface area contributed by atoms with Crippen molar-refractivity contribution in [3.05, 3.63) is 89.0 Å². The first-order chi connectivity index (χ1) is 20.8. The molecule has 0 spiro atoms. The summed E-state index contributed by atoms with van der Waals surface area (Å²) < 4.78 is 28.1. The van der Waals surface area contributed by atoms with Gasteiger partial charge in [0.1, 0.15) is 6.04 Å². The van der Waals surface area contributed by atoms with Gasteiger partial charge in [-0.25, -0.2) is 8.42 Å². The number of fused-ring (bicyclic) bond motifs is 1. The number of nitrogens with zero attached hydrogens (tertiary/aromatic N) is 1. The van der Waals surface area contributed by atoms with E-state index in [0.29, 0.717) is 6.04 Å². The van der Waals surface area contributed by atoms with Gasteiger partial charge in [-0.1, -0.05) is 60.5 Å². The highest BCUT2D eigenvalue weighted by atomic mass is 32.2. The van der Waals surface area contributed by atoms with Crippen LogP contribution in [0.5, 0.6) is 0 Å². The predicted molar refractivity (Wildman–Crippen MR) is 167 cm³/mol. The Labute approximate surface area is 254 Å². The summed E-state index contributed by atoms with van der Waals surface area (Å²) in [5.41, 5.74) is 6.86. The Morgan fingerprint density at radius 3 is 2.53 bits per heavy atom. The molecule has 2 aliphatic carbocycles. The number of carbonyl (C=O) groups is 2. The Bertz CT molecular complexity index is 1600. The molecule has 2 fully saturated rings. The predicted octanol–water partition coefficient (Wildman–Crippen LogP) is 4.38. The molecule has 1 saturated heterocycles. The van der Waals surface area contributed by atoms with E-state index in [1.165, 1.54) is 40.3 Å². The Balaban J connectivity index is 1.14. The third-order valence-electron chi connectivity index (χ3n) is 9.04. The highest BCUT2D eigenvalue weighted by Crippen LogP contribution is 2.34. The van der Waals surface area contributed by atoms with E-state index in [0.717, 1.165) is 42.5 Å². The monoisotopic (exact) mass is 600 g/mol. The Hall–Kier alpha value is -3.53. The van der Waals surface area contributed by atoms with Crippen molar-refractivity contribution in [2.24, 2.45) is 0 Å². The molecule has 3 N–H and O–H groups in total. The lowest BCUT2D eigenvalue weighted by Crippen LogP contribution is -2.58. The summed E-state index contributed by atoms with van der Waals surface area (Å²) in [5, 5.41) is 9.49. The van der Waals surface area contributed by atoms with Gasteiger partial charge in [0.05, 0.1) is 17.4 Å². The molecule has 43 heavy (non-hydrogen) atoms. The van der Waals surface area contributed by atoms with Crippen molar-refractivity contribution in [2.45, 2.75) is 81.4 Å². The number of sulfonamides is 1. The van der Waals surface area contributed by atoms with Crippen LogP contribution in [-0.2, 0) is 32.6 Å². The topological polar surface area (TPSA) is 108 Å². The van der Waals surface area contributed by atoms with Gasteiger partial charge in [0.25, 0.3) is 0 Å². The molecule has 1 heterocycles. The first kappa shape index (κ1) is 29.5. The lowest BCUT2D eigenvalue weighted by atomic mass is 9.85. The molecule has 1 unspecified atom stereocenters. The molecule has 2 amide bonds. The van der Waals surface area contributed by atoms with Gasteiger partial charge in [-0.2, -0.15) is 4.31 Å². The summed E-state index contributed by atoms with van der Waals surface area (Å²) in [7, 11) is -3.94. The van der Waals surface area contributed by atoms with Crippen LogP contribution in [0.1, 0.15) is 66.8 Å². The zero-order valence-corrected chi connectivity index (χ0v) is 25.5. The van der Waals surface area contributed by atoms with Crippen molar-refractivity contribution in [1.29, 1.82) is 0 Å². The Morgan fingerprint density at radius 2 is 1.77 bits per heavy atom. The normalized spacial score (nSPS) is 21.0. The standard InChI is InChI=1S/C34H40N4O4S/c1-23-11-14-29(15-12-23)43(41,42)38-18-17-35-34(40)32(38)21-33(39)37-31-10-3-7-27-20-26(13-16-30(27)31)25-6-2-5-24(19-25)22-36-28-8-4-9-28/h2,5-6,11-16,19-20,28,31-32,36H,3-4,7-10,17-18,21-22H2,1H3,(H,35,40)(H,37,39)/t31-,32?/m1/s1. The van der Waals surface area contributed by atoms with Gasteiger partial charge in [-0.3, -0.25) is 9.59 Å². The number of benzene rings is 3. The first-order valence-corrected chi connectivity index (χ1v) is 16.8. The second-order valence-corrected chi connectivity index (χ2v) is 14.0. The van der Waals surface area contributed by atoms with Crippen molar-refractivity contribution >= 4 is 21.8 Å². The number of hydrogen-bond acceptors (Lipinski definition) is 5. The van der Waals surface area contributed by atoms with Gasteiger partial charge < -0.3 is 16.0 Å². The molecule has 3 aromatic carbocycles. The molecule has 1 aliphatic heterocycles. The van der Waals surface area contributed by atoms with Crippen LogP contribution in [0.15, 0.2) is 71.6 Å². The average Bonchev–Trinajstić information content (AvgIpc) is 2.97. The van der Waals surface area contributed by atoms with E-state index in [1.807, 2.05) is 6.92 Å².